The maximum atomic E-state index is 11.6. The molecular weight excluding hydrogens is 264 g/mol. The highest BCUT2D eigenvalue weighted by Gasteiger charge is 2.21. The van der Waals surface area contributed by atoms with Crippen LogP contribution in [-0.2, 0) is 14.6 Å². The van der Waals surface area contributed by atoms with Crippen molar-refractivity contribution in [2.24, 2.45) is 11.7 Å². The molecule has 0 aromatic rings. The van der Waals surface area contributed by atoms with Crippen LogP contribution in [-0.4, -0.2) is 38.4 Å². The van der Waals surface area contributed by atoms with E-state index in [-0.39, 0.29) is 30.0 Å². The Balaban J connectivity index is 0. The van der Waals surface area contributed by atoms with E-state index in [2.05, 4.69) is 5.32 Å². The first kappa shape index (κ1) is 19.0. The van der Waals surface area contributed by atoms with E-state index < -0.39 is 21.9 Å². The Hall–Kier alpha value is -0.330. The van der Waals surface area contributed by atoms with Gasteiger partial charge in [0.15, 0.2) is 0 Å². The summed E-state index contributed by atoms with van der Waals surface area (Å²) in [7, 11) is -3.08. The second-order valence-corrected chi connectivity index (χ2v) is 6.60. The topological polar surface area (TPSA) is 89.3 Å². The van der Waals surface area contributed by atoms with Crippen molar-refractivity contribution in [3.05, 3.63) is 0 Å². The van der Waals surface area contributed by atoms with Gasteiger partial charge >= 0.3 is 0 Å². The Kier molecular flexibility index (Phi) is 8.83. The second kappa shape index (κ2) is 7.89. The molecule has 3 unspecified atom stereocenters. The lowest BCUT2D eigenvalue weighted by Crippen LogP contribution is -2.49. The molecule has 1 amide bonds. The Labute approximate surface area is 110 Å². The number of carbonyl (C=O) groups is 1. The molecule has 5 nitrogen and oxygen atoms in total. The molecule has 3 N–H and O–H groups in total. The van der Waals surface area contributed by atoms with E-state index in [4.69, 9.17) is 5.73 Å². The number of amides is 1. The number of sulfone groups is 1. The van der Waals surface area contributed by atoms with Gasteiger partial charge in [-0.1, -0.05) is 20.3 Å². The third kappa shape index (κ3) is 8.40. The highest BCUT2D eigenvalue weighted by Crippen LogP contribution is 2.05. The number of hydrogen-bond acceptors (Lipinski definition) is 4. The number of nitrogens with two attached hydrogens (primary N) is 1. The molecule has 0 aliphatic heterocycles. The van der Waals surface area contributed by atoms with Crippen molar-refractivity contribution in [1.29, 1.82) is 0 Å². The van der Waals surface area contributed by atoms with E-state index in [1.165, 1.54) is 0 Å². The Bertz CT molecular complexity index is 332. The van der Waals surface area contributed by atoms with Crippen molar-refractivity contribution < 1.29 is 13.2 Å². The van der Waals surface area contributed by atoms with Gasteiger partial charge in [-0.05, 0) is 12.8 Å². The lowest BCUT2D eigenvalue weighted by atomic mass is 9.99. The molecular formula is C10H23ClN2O3S. The van der Waals surface area contributed by atoms with Crippen LogP contribution in [0, 0.1) is 5.92 Å². The van der Waals surface area contributed by atoms with Crippen LogP contribution in [0.1, 0.15) is 27.2 Å². The van der Waals surface area contributed by atoms with E-state index in [0.717, 1.165) is 12.7 Å². The fraction of sp³-hybridized carbons (Fsp3) is 0.900. The fourth-order valence-electron chi connectivity index (χ4n) is 1.35. The predicted octanol–water partition coefficient (Wildman–Crippen LogP) is 0.331. The minimum Gasteiger partial charge on any atom is -0.351 e. The average Bonchev–Trinajstić information content (AvgIpc) is 2.12. The summed E-state index contributed by atoms with van der Waals surface area (Å²) in [5.41, 5.74) is 5.72. The minimum atomic E-state index is -3.08. The summed E-state index contributed by atoms with van der Waals surface area (Å²) in [5, 5.41) is 2.61. The minimum absolute atomic E-state index is 0. The van der Waals surface area contributed by atoms with Gasteiger partial charge in [0.1, 0.15) is 9.84 Å². The molecule has 104 valence electrons. The maximum Gasteiger partial charge on any atom is 0.237 e. The second-order valence-electron chi connectivity index (χ2n) is 4.41. The van der Waals surface area contributed by atoms with Crippen LogP contribution >= 0.6 is 12.4 Å². The number of carbonyl (C=O) groups excluding carboxylic acids is 1. The zero-order valence-electron chi connectivity index (χ0n) is 10.8. The van der Waals surface area contributed by atoms with E-state index in [1.54, 1.807) is 6.92 Å². The summed E-state index contributed by atoms with van der Waals surface area (Å²) in [5.74, 6) is -0.262. The molecule has 0 rings (SSSR count). The van der Waals surface area contributed by atoms with Gasteiger partial charge < -0.3 is 11.1 Å². The van der Waals surface area contributed by atoms with Crippen LogP contribution in [0.2, 0.25) is 0 Å². The van der Waals surface area contributed by atoms with E-state index in [1.807, 2.05) is 13.8 Å². The van der Waals surface area contributed by atoms with Gasteiger partial charge in [-0.2, -0.15) is 0 Å². The zero-order chi connectivity index (χ0) is 12.9. The van der Waals surface area contributed by atoms with Crippen molar-refractivity contribution >= 4 is 28.2 Å². The molecule has 0 aliphatic carbocycles. The summed E-state index contributed by atoms with van der Waals surface area (Å²) in [6, 6.07) is -0.982. The first-order valence-corrected chi connectivity index (χ1v) is 7.47. The van der Waals surface area contributed by atoms with Crippen LogP contribution in [0.25, 0.3) is 0 Å². The SMILES string of the molecule is CCC(C)C(N)C(=O)NC(C)CS(C)(=O)=O.Cl. The zero-order valence-corrected chi connectivity index (χ0v) is 12.4. The highest BCUT2D eigenvalue weighted by atomic mass is 35.5. The normalized spacial score (nSPS) is 16.5. The lowest BCUT2D eigenvalue weighted by Gasteiger charge is -2.20. The van der Waals surface area contributed by atoms with Gasteiger partial charge in [-0.3, -0.25) is 4.79 Å². The Morgan fingerprint density at radius 2 is 1.82 bits per heavy atom. The van der Waals surface area contributed by atoms with Crippen LogP contribution in [0.3, 0.4) is 0 Å². The molecule has 0 aromatic carbocycles. The van der Waals surface area contributed by atoms with Crippen LogP contribution in [0.15, 0.2) is 0 Å². The average molecular weight is 287 g/mol. The van der Waals surface area contributed by atoms with Crippen molar-refractivity contribution in [1.82, 2.24) is 5.32 Å². The van der Waals surface area contributed by atoms with Crippen molar-refractivity contribution in [3.8, 4) is 0 Å². The molecule has 0 saturated carbocycles. The quantitative estimate of drug-likeness (QED) is 0.736. The molecule has 0 fully saturated rings. The Morgan fingerprint density at radius 1 is 1.35 bits per heavy atom. The van der Waals surface area contributed by atoms with Crippen molar-refractivity contribution in [3.63, 3.8) is 0 Å². The van der Waals surface area contributed by atoms with E-state index in [9.17, 15) is 13.2 Å². The van der Waals surface area contributed by atoms with Gasteiger partial charge in [0.2, 0.25) is 5.91 Å². The molecule has 0 radical (unpaired) electrons. The third-order valence-corrected chi connectivity index (χ3v) is 3.61. The highest BCUT2D eigenvalue weighted by molar-refractivity contribution is 7.90. The number of nitrogens with one attached hydrogen (secondary N) is 1. The monoisotopic (exact) mass is 286 g/mol. The fourth-order valence-corrected chi connectivity index (χ4v) is 2.34. The maximum absolute atomic E-state index is 11.6. The summed E-state index contributed by atoms with van der Waals surface area (Å²) < 4.78 is 22.0. The van der Waals surface area contributed by atoms with Crippen LogP contribution in [0.4, 0.5) is 0 Å². The first-order chi connectivity index (χ1) is 7.17. The van der Waals surface area contributed by atoms with E-state index >= 15 is 0 Å². The van der Waals surface area contributed by atoms with Gasteiger partial charge in [0, 0.05) is 12.3 Å². The summed E-state index contributed by atoms with van der Waals surface area (Å²) in [6.45, 7) is 5.51. The van der Waals surface area contributed by atoms with Crippen LogP contribution in [0.5, 0.6) is 0 Å². The molecule has 0 bridgehead atoms. The molecule has 0 saturated heterocycles. The summed E-state index contributed by atoms with van der Waals surface area (Å²) in [6.07, 6.45) is 1.96. The summed E-state index contributed by atoms with van der Waals surface area (Å²) in [4.78, 5) is 11.6. The molecule has 0 heterocycles. The van der Waals surface area contributed by atoms with Crippen molar-refractivity contribution in [2.75, 3.05) is 12.0 Å². The summed E-state index contributed by atoms with van der Waals surface area (Å²) >= 11 is 0. The van der Waals surface area contributed by atoms with Gasteiger partial charge in [0.25, 0.3) is 0 Å². The van der Waals surface area contributed by atoms with E-state index in [0.29, 0.717) is 0 Å². The number of hydrogen-bond donors (Lipinski definition) is 2. The standard InChI is InChI=1S/C10H22N2O3S.ClH/c1-5-7(2)9(11)10(13)12-8(3)6-16(4,14)15;/h7-9H,5-6,11H2,1-4H3,(H,12,13);1H. The number of halogens is 1. The molecule has 7 heteroatoms. The molecule has 0 aliphatic rings. The molecule has 3 atom stereocenters. The van der Waals surface area contributed by atoms with Gasteiger partial charge in [-0.25, -0.2) is 8.42 Å². The number of rotatable bonds is 6. The predicted molar refractivity (Wildman–Crippen MR) is 72.0 cm³/mol. The van der Waals surface area contributed by atoms with Crippen LogP contribution < -0.4 is 11.1 Å². The Morgan fingerprint density at radius 3 is 2.18 bits per heavy atom. The van der Waals surface area contributed by atoms with Gasteiger partial charge in [-0.15, -0.1) is 12.4 Å². The van der Waals surface area contributed by atoms with Gasteiger partial charge in [0.05, 0.1) is 11.8 Å². The molecule has 17 heavy (non-hydrogen) atoms. The first-order valence-electron chi connectivity index (χ1n) is 5.41. The van der Waals surface area contributed by atoms with Crippen molar-refractivity contribution in [2.45, 2.75) is 39.3 Å². The third-order valence-electron chi connectivity index (χ3n) is 2.50. The molecule has 0 aromatic heterocycles. The molecule has 0 spiro atoms. The lowest BCUT2D eigenvalue weighted by molar-refractivity contribution is -0.123. The largest absolute Gasteiger partial charge is 0.351 e. The smallest absolute Gasteiger partial charge is 0.237 e.